The molecule has 3 N–H and O–H groups in total. The lowest BCUT2D eigenvalue weighted by atomic mass is 10.0. The van der Waals surface area contributed by atoms with Gasteiger partial charge in [-0.05, 0) is 19.3 Å². The Bertz CT molecular complexity index is 350. The van der Waals surface area contributed by atoms with Gasteiger partial charge in [0.15, 0.2) is 0 Å². The summed E-state index contributed by atoms with van der Waals surface area (Å²) in [7, 11) is 0. The summed E-state index contributed by atoms with van der Waals surface area (Å²) in [5.41, 5.74) is 0. The van der Waals surface area contributed by atoms with Gasteiger partial charge in [-0.15, -0.1) is 0 Å². The Kier molecular flexibility index (Phi) is 15.9. The largest absolute Gasteiger partial charge is 0.478 e. The summed E-state index contributed by atoms with van der Waals surface area (Å²) in [6, 6.07) is 0. The maximum atomic E-state index is 10.3. The van der Waals surface area contributed by atoms with Crippen molar-refractivity contribution >= 4 is 5.97 Å². The summed E-state index contributed by atoms with van der Waals surface area (Å²) in [6.07, 6.45) is 17.6. The summed E-state index contributed by atoms with van der Waals surface area (Å²) >= 11 is 0. The molecule has 0 fully saturated rings. The highest BCUT2D eigenvalue weighted by molar-refractivity contribution is 5.80. The molecule has 0 saturated carbocycles. The summed E-state index contributed by atoms with van der Waals surface area (Å²) in [5.74, 6) is -0.976. The molecular weight excluding hydrogens is 304 g/mol. The van der Waals surface area contributed by atoms with Crippen LogP contribution in [0.2, 0.25) is 0 Å². The standard InChI is InChI=1S/C20H36O4/c1-2-3-4-5-6-7-8-9-12-15-18(21)19(22)16-13-10-11-14-17-20(23)24/h10-11,14,17-19,21-22H,2-9,12-13,15-16H2,1H3,(H,23,24). The van der Waals surface area contributed by atoms with Gasteiger partial charge in [-0.3, -0.25) is 0 Å². The molecule has 0 heterocycles. The van der Waals surface area contributed by atoms with Crippen molar-refractivity contribution in [1.29, 1.82) is 0 Å². The molecule has 0 rings (SSSR count). The Hall–Kier alpha value is -1.13. The maximum Gasteiger partial charge on any atom is 0.328 e. The molecule has 0 amide bonds. The molecule has 0 aromatic rings. The number of aliphatic hydroxyl groups excluding tert-OH is 2. The fraction of sp³-hybridized carbons (Fsp3) is 0.750. The highest BCUT2D eigenvalue weighted by Crippen LogP contribution is 2.14. The Labute approximate surface area is 147 Å². The molecule has 0 aromatic carbocycles. The van der Waals surface area contributed by atoms with E-state index < -0.39 is 18.2 Å². The molecule has 0 aliphatic heterocycles. The van der Waals surface area contributed by atoms with E-state index in [-0.39, 0.29) is 0 Å². The average Bonchev–Trinajstić information content (AvgIpc) is 2.55. The van der Waals surface area contributed by atoms with Crippen LogP contribution in [0.15, 0.2) is 24.3 Å². The van der Waals surface area contributed by atoms with Crippen LogP contribution in [0.3, 0.4) is 0 Å². The van der Waals surface area contributed by atoms with E-state index in [9.17, 15) is 15.0 Å². The van der Waals surface area contributed by atoms with Crippen molar-refractivity contribution < 1.29 is 20.1 Å². The van der Waals surface area contributed by atoms with Gasteiger partial charge in [0.2, 0.25) is 0 Å². The van der Waals surface area contributed by atoms with E-state index in [1.165, 1.54) is 51.0 Å². The number of unbranched alkanes of at least 4 members (excludes halogenated alkanes) is 8. The third-order valence-corrected chi connectivity index (χ3v) is 4.16. The van der Waals surface area contributed by atoms with Crippen LogP contribution in [0, 0.1) is 0 Å². The van der Waals surface area contributed by atoms with Gasteiger partial charge in [0, 0.05) is 6.08 Å². The summed E-state index contributed by atoms with van der Waals surface area (Å²) in [6.45, 7) is 2.23. The minimum atomic E-state index is -0.976. The Balaban J connectivity index is 3.52. The number of allylic oxidation sites excluding steroid dienone is 3. The lowest BCUT2D eigenvalue weighted by molar-refractivity contribution is -0.131. The van der Waals surface area contributed by atoms with Crippen molar-refractivity contribution in [3.8, 4) is 0 Å². The molecule has 140 valence electrons. The second-order valence-corrected chi connectivity index (χ2v) is 6.45. The Morgan fingerprint density at radius 1 is 0.833 bits per heavy atom. The smallest absolute Gasteiger partial charge is 0.328 e. The van der Waals surface area contributed by atoms with Gasteiger partial charge in [0.25, 0.3) is 0 Å². The topological polar surface area (TPSA) is 77.8 Å². The number of hydrogen-bond donors (Lipinski definition) is 3. The zero-order valence-electron chi connectivity index (χ0n) is 15.2. The van der Waals surface area contributed by atoms with E-state index in [1.807, 2.05) is 0 Å². The van der Waals surface area contributed by atoms with Gasteiger partial charge in [0.1, 0.15) is 0 Å². The number of carboxylic acid groups (broad SMARTS) is 1. The van der Waals surface area contributed by atoms with Crippen molar-refractivity contribution in [3.05, 3.63) is 24.3 Å². The van der Waals surface area contributed by atoms with Gasteiger partial charge in [-0.25, -0.2) is 4.79 Å². The summed E-state index contributed by atoms with van der Waals surface area (Å²) in [4.78, 5) is 10.3. The Morgan fingerprint density at radius 2 is 1.38 bits per heavy atom. The van der Waals surface area contributed by atoms with Crippen molar-refractivity contribution in [3.63, 3.8) is 0 Å². The lowest BCUT2D eigenvalue weighted by Crippen LogP contribution is -2.25. The molecule has 4 nitrogen and oxygen atoms in total. The first-order valence-electron chi connectivity index (χ1n) is 9.50. The van der Waals surface area contributed by atoms with Crippen molar-refractivity contribution in [1.82, 2.24) is 0 Å². The van der Waals surface area contributed by atoms with E-state index in [0.29, 0.717) is 19.3 Å². The number of carbonyl (C=O) groups is 1. The van der Waals surface area contributed by atoms with Gasteiger partial charge in [0.05, 0.1) is 12.2 Å². The third kappa shape index (κ3) is 15.8. The van der Waals surface area contributed by atoms with Gasteiger partial charge < -0.3 is 15.3 Å². The number of carboxylic acids is 1. The molecule has 0 spiro atoms. The zero-order valence-corrected chi connectivity index (χ0v) is 15.2. The fourth-order valence-corrected chi connectivity index (χ4v) is 2.63. The zero-order chi connectivity index (χ0) is 18.0. The quantitative estimate of drug-likeness (QED) is 0.218. The van der Waals surface area contributed by atoms with Gasteiger partial charge in [-0.2, -0.15) is 0 Å². The molecule has 2 atom stereocenters. The predicted molar refractivity (Wildman–Crippen MR) is 99.0 cm³/mol. The number of aliphatic hydroxyl groups is 2. The average molecular weight is 341 g/mol. The van der Waals surface area contributed by atoms with Crippen molar-refractivity contribution in [2.24, 2.45) is 0 Å². The van der Waals surface area contributed by atoms with Crippen LogP contribution in [0.4, 0.5) is 0 Å². The van der Waals surface area contributed by atoms with Crippen molar-refractivity contribution in [2.75, 3.05) is 0 Å². The van der Waals surface area contributed by atoms with Gasteiger partial charge >= 0.3 is 5.97 Å². The summed E-state index contributed by atoms with van der Waals surface area (Å²) in [5, 5.41) is 28.2. The van der Waals surface area contributed by atoms with Crippen LogP contribution in [-0.4, -0.2) is 33.5 Å². The minimum absolute atomic E-state index is 0.496. The third-order valence-electron chi connectivity index (χ3n) is 4.16. The molecular formula is C20H36O4. The number of aliphatic carboxylic acids is 1. The molecule has 0 aliphatic carbocycles. The highest BCUT2D eigenvalue weighted by atomic mass is 16.4. The molecule has 0 aliphatic rings. The first-order valence-corrected chi connectivity index (χ1v) is 9.50. The van der Waals surface area contributed by atoms with E-state index in [1.54, 1.807) is 12.2 Å². The normalized spacial score (nSPS) is 14.5. The SMILES string of the molecule is CCCCCCCCCCCC(O)C(O)CCC=CC=CC(=O)O. The Morgan fingerprint density at radius 3 is 1.96 bits per heavy atom. The molecule has 0 bridgehead atoms. The molecule has 24 heavy (non-hydrogen) atoms. The molecule has 0 radical (unpaired) electrons. The molecule has 0 saturated heterocycles. The first-order chi connectivity index (χ1) is 11.6. The summed E-state index contributed by atoms with van der Waals surface area (Å²) < 4.78 is 0. The lowest BCUT2D eigenvalue weighted by Gasteiger charge is -2.16. The second kappa shape index (κ2) is 16.7. The number of rotatable bonds is 16. The van der Waals surface area contributed by atoms with Crippen LogP contribution < -0.4 is 0 Å². The predicted octanol–water partition coefficient (Wildman–Crippen LogP) is 4.61. The second-order valence-electron chi connectivity index (χ2n) is 6.45. The fourth-order valence-electron chi connectivity index (χ4n) is 2.63. The van der Waals surface area contributed by atoms with E-state index in [2.05, 4.69) is 6.92 Å². The van der Waals surface area contributed by atoms with E-state index >= 15 is 0 Å². The van der Waals surface area contributed by atoms with E-state index in [0.717, 1.165) is 18.9 Å². The van der Waals surface area contributed by atoms with Crippen LogP contribution in [0.1, 0.15) is 84.0 Å². The first kappa shape index (κ1) is 22.9. The van der Waals surface area contributed by atoms with Crippen LogP contribution >= 0.6 is 0 Å². The maximum absolute atomic E-state index is 10.3. The monoisotopic (exact) mass is 340 g/mol. The van der Waals surface area contributed by atoms with Gasteiger partial charge in [-0.1, -0.05) is 82.9 Å². The number of hydrogen-bond acceptors (Lipinski definition) is 3. The molecule has 0 aromatic heterocycles. The highest BCUT2D eigenvalue weighted by Gasteiger charge is 2.14. The van der Waals surface area contributed by atoms with Crippen LogP contribution in [-0.2, 0) is 4.79 Å². The molecule has 2 unspecified atom stereocenters. The molecule has 4 heteroatoms. The minimum Gasteiger partial charge on any atom is -0.478 e. The van der Waals surface area contributed by atoms with E-state index in [4.69, 9.17) is 5.11 Å². The van der Waals surface area contributed by atoms with Crippen LogP contribution in [0.25, 0.3) is 0 Å². The van der Waals surface area contributed by atoms with Crippen LogP contribution in [0.5, 0.6) is 0 Å². The van der Waals surface area contributed by atoms with Crippen molar-refractivity contribution in [2.45, 2.75) is 96.2 Å².